The highest BCUT2D eigenvalue weighted by Crippen LogP contribution is 2.24. The first kappa shape index (κ1) is 19.5. The fraction of sp³-hybridized carbons (Fsp3) is 0.273. The van der Waals surface area contributed by atoms with Crippen molar-refractivity contribution in [1.82, 2.24) is 14.9 Å². The summed E-state index contributed by atoms with van der Waals surface area (Å²) in [5.41, 5.74) is 1.19. The smallest absolute Gasteiger partial charge is 0.257 e. The van der Waals surface area contributed by atoms with Crippen LogP contribution in [0.3, 0.4) is 0 Å². The quantitative estimate of drug-likeness (QED) is 0.542. The highest BCUT2D eigenvalue weighted by Gasteiger charge is 2.03. The summed E-state index contributed by atoms with van der Waals surface area (Å²) in [5.74, 6) is 2.01. The van der Waals surface area contributed by atoms with Crippen molar-refractivity contribution in [3.05, 3.63) is 72.8 Å². The average molecular weight is 379 g/mol. The summed E-state index contributed by atoms with van der Waals surface area (Å²) in [5, 5.41) is 2.87. The van der Waals surface area contributed by atoms with E-state index in [0.717, 1.165) is 30.9 Å². The van der Waals surface area contributed by atoms with Crippen molar-refractivity contribution in [3.63, 3.8) is 0 Å². The van der Waals surface area contributed by atoms with Crippen LogP contribution in [0, 0.1) is 6.92 Å². The van der Waals surface area contributed by atoms with E-state index in [0.29, 0.717) is 12.3 Å². The molecule has 0 saturated heterocycles. The first-order valence-electron chi connectivity index (χ1n) is 9.39. The SMILES string of the molecule is Cc1ccc(Oc2ccc(OCC(=O)NCCCCn3ccnc3)cc2)cc1. The Kier molecular flexibility index (Phi) is 7.07. The van der Waals surface area contributed by atoms with Crippen LogP contribution in [-0.4, -0.2) is 28.6 Å². The van der Waals surface area contributed by atoms with Gasteiger partial charge in [0.15, 0.2) is 6.61 Å². The van der Waals surface area contributed by atoms with E-state index in [9.17, 15) is 4.79 Å². The van der Waals surface area contributed by atoms with Gasteiger partial charge < -0.3 is 19.4 Å². The predicted octanol–water partition coefficient (Wildman–Crippen LogP) is 3.96. The van der Waals surface area contributed by atoms with Crippen molar-refractivity contribution in [3.8, 4) is 17.2 Å². The van der Waals surface area contributed by atoms with Crippen LogP contribution in [0.25, 0.3) is 0 Å². The molecule has 0 fully saturated rings. The van der Waals surface area contributed by atoms with Crippen LogP contribution in [0.4, 0.5) is 0 Å². The summed E-state index contributed by atoms with van der Waals surface area (Å²) >= 11 is 0. The normalized spacial score (nSPS) is 10.5. The molecule has 0 aliphatic rings. The average Bonchev–Trinajstić information content (AvgIpc) is 3.22. The summed E-state index contributed by atoms with van der Waals surface area (Å²) in [4.78, 5) is 15.9. The molecular weight excluding hydrogens is 354 g/mol. The maximum atomic E-state index is 11.9. The van der Waals surface area contributed by atoms with Crippen molar-refractivity contribution < 1.29 is 14.3 Å². The van der Waals surface area contributed by atoms with Crippen LogP contribution < -0.4 is 14.8 Å². The Bertz CT molecular complexity index is 844. The van der Waals surface area contributed by atoms with Crippen molar-refractivity contribution in [1.29, 1.82) is 0 Å². The lowest BCUT2D eigenvalue weighted by Crippen LogP contribution is -2.29. The number of hydrogen-bond donors (Lipinski definition) is 1. The molecule has 0 unspecified atom stereocenters. The molecular formula is C22H25N3O3. The number of hydrogen-bond acceptors (Lipinski definition) is 4. The molecule has 28 heavy (non-hydrogen) atoms. The fourth-order valence-electron chi connectivity index (χ4n) is 2.61. The zero-order valence-electron chi connectivity index (χ0n) is 16.0. The molecule has 146 valence electrons. The lowest BCUT2D eigenvalue weighted by atomic mass is 10.2. The third-order valence-corrected chi connectivity index (χ3v) is 4.17. The minimum absolute atomic E-state index is 0.000311. The second kappa shape index (κ2) is 10.2. The minimum atomic E-state index is -0.123. The van der Waals surface area contributed by atoms with Crippen molar-refractivity contribution in [2.75, 3.05) is 13.2 Å². The van der Waals surface area contributed by atoms with Gasteiger partial charge >= 0.3 is 0 Å². The van der Waals surface area contributed by atoms with E-state index in [-0.39, 0.29) is 12.5 Å². The summed E-state index contributed by atoms with van der Waals surface area (Å²) in [7, 11) is 0. The van der Waals surface area contributed by atoms with E-state index in [4.69, 9.17) is 9.47 Å². The molecule has 1 amide bonds. The summed E-state index contributed by atoms with van der Waals surface area (Å²) in [6.07, 6.45) is 7.39. The number of carbonyl (C=O) groups excluding carboxylic acids is 1. The zero-order valence-corrected chi connectivity index (χ0v) is 16.0. The van der Waals surface area contributed by atoms with Gasteiger partial charge in [-0.25, -0.2) is 4.98 Å². The number of benzene rings is 2. The number of aromatic nitrogens is 2. The molecule has 0 aliphatic heterocycles. The Hall–Kier alpha value is -3.28. The van der Waals surface area contributed by atoms with Gasteiger partial charge in [0.25, 0.3) is 5.91 Å². The van der Waals surface area contributed by atoms with E-state index in [1.165, 1.54) is 5.56 Å². The van der Waals surface area contributed by atoms with E-state index >= 15 is 0 Å². The minimum Gasteiger partial charge on any atom is -0.484 e. The molecule has 6 nitrogen and oxygen atoms in total. The fourth-order valence-corrected chi connectivity index (χ4v) is 2.61. The molecule has 0 aliphatic carbocycles. The summed E-state index contributed by atoms with van der Waals surface area (Å²) in [6.45, 7) is 3.58. The first-order valence-corrected chi connectivity index (χ1v) is 9.39. The molecule has 0 spiro atoms. The van der Waals surface area contributed by atoms with Crippen LogP contribution in [-0.2, 0) is 11.3 Å². The van der Waals surface area contributed by atoms with Gasteiger partial charge in [0.05, 0.1) is 6.33 Å². The van der Waals surface area contributed by atoms with Gasteiger partial charge in [0.2, 0.25) is 0 Å². The third-order valence-electron chi connectivity index (χ3n) is 4.17. The second-order valence-corrected chi connectivity index (χ2v) is 6.53. The van der Waals surface area contributed by atoms with Gasteiger partial charge in [-0.3, -0.25) is 4.79 Å². The van der Waals surface area contributed by atoms with Gasteiger partial charge in [0.1, 0.15) is 17.2 Å². The van der Waals surface area contributed by atoms with Crippen LogP contribution in [0.5, 0.6) is 17.2 Å². The number of ether oxygens (including phenoxy) is 2. The Morgan fingerprint density at radius 2 is 1.68 bits per heavy atom. The Morgan fingerprint density at radius 3 is 2.36 bits per heavy atom. The number of rotatable bonds is 10. The molecule has 1 heterocycles. The number of carbonyl (C=O) groups is 1. The highest BCUT2D eigenvalue weighted by molar-refractivity contribution is 5.77. The van der Waals surface area contributed by atoms with Crippen molar-refractivity contribution >= 4 is 5.91 Å². The molecule has 0 atom stereocenters. The molecule has 0 bridgehead atoms. The van der Waals surface area contributed by atoms with E-state index < -0.39 is 0 Å². The zero-order chi connectivity index (χ0) is 19.6. The van der Waals surface area contributed by atoms with E-state index in [1.807, 2.05) is 54.1 Å². The number of amides is 1. The predicted molar refractivity (Wildman–Crippen MR) is 108 cm³/mol. The summed E-state index contributed by atoms with van der Waals surface area (Å²) in [6, 6.07) is 15.1. The Balaban J connectivity index is 1.32. The topological polar surface area (TPSA) is 65.4 Å². The second-order valence-electron chi connectivity index (χ2n) is 6.53. The Labute approximate surface area is 165 Å². The largest absolute Gasteiger partial charge is 0.484 e. The van der Waals surface area contributed by atoms with Crippen LogP contribution in [0.1, 0.15) is 18.4 Å². The van der Waals surface area contributed by atoms with Gasteiger partial charge in [-0.15, -0.1) is 0 Å². The lowest BCUT2D eigenvalue weighted by molar-refractivity contribution is -0.123. The number of imidazole rings is 1. The maximum absolute atomic E-state index is 11.9. The lowest BCUT2D eigenvalue weighted by Gasteiger charge is -2.09. The van der Waals surface area contributed by atoms with Gasteiger partial charge in [0, 0.05) is 25.5 Å². The Morgan fingerprint density at radius 1 is 1.00 bits per heavy atom. The molecule has 2 aromatic carbocycles. The van der Waals surface area contributed by atoms with Crippen molar-refractivity contribution in [2.24, 2.45) is 0 Å². The van der Waals surface area contributed by atoms with E-state index in [2.05, 4.69) is 10.3 Å². The standard InChI is InChI=1S/C22H25N3O3/c1-18-4-6-20(7-5-18)28-21-10-8-19(9-11-21)27-16-22(26)24-12-2-3-14-25-15-13-23-17-25/h4-11,13,15,17H,2-3,12,14,16H2,1H3,(H,24,26). The van der Waals surface area contributed by atoms with Crippen molar-refractivity contribution in [2.45, 2.75) is 26.3 Å². The highest BCUT2D eigenvalue weighted by atomic mass is 16.5. The van der Waals surface area contributed by atoms with Gasteiger partial charge in [-0.2, -0.15) is 0 Å². The molecule has 1 aromatic heterocycles. The maximum Gasteiger partial charge on any atom is 0.257 e. The molecule has 0 radical (unpaired) electrons. The molecule has 3 aromatic rings. The van der Waals surface area contributed by atoms with E-state index in [1.54, 1.807) is 24.7 Å². The first-order chi connectivity index (χ1) is 13.7. The number of unbranched alkanes of at least 4 members (excludes halogenated alkanes) is 1. The number of nitrogens with one attached hydrogen (secondary N) is 1. The number of nitrogens with zero attached hydrogens (tertiary/aromatic N) is 2. The third kappa shape index (κ3) is 6.46. The monoisotopic (exact) mass is 379 g/mol. The van der Waals surface area contributed by atoms with Crippen LogP contribution in [0.2, 0.25) is 0 Å². The summed E-state index contributed by atoms with van der Waals surface area (Å²) < 4.78 is 13.3. The molecule has 6 heteroatoms. The molecule has 3 rings (SSSR count). The van der Waals surface area contributed by atoms with Crippen LogP contribution >= 0.6 is 0 Å². The molecule has 0 saturated carbocycles. The number of aryl methyl sites for hydroxylation is 2. The van der Waals surface area contributed by atoms with Crippen LogP contribution in [0.15, 0.2) is 67.3 Å². The molecule has 1 N–H and O–H groups in total. The van der Waals surface area contributed by atoms with Gasteiger partial charge in [-0.1, -0.05) is 17.7 Å². The van der Waals surface area contributed by atoms with Gasteiger partial charge in [-0.05, 0) is 56.2 Å².